The summed E-state index contributed by atoms with van der Waals surface area (Å²) in [6.07, 6.45) is 1.45. The highest BCUT2D eigenvalue weighted by molar-refractivity contribution is 6.02. The van der Waals surface area contributed by atoms with Crippen molar-refractivity contribution in [3.63, 3.8) is 0 Å². The molecular weight excluding hydrogens is 478 g/mol. The van der Waals surface area contributed by atoms with E-state index in [2.05, 4.69) is 5.32 Å². The Hall–Kier alpha value is -4.79. The van der Waals surface area contributed by atoms with Crippen molar-refractivity contribution in [2.24, 2.45) is 11.5 Å². The number of rotatable bonds is 7. The highest BCUT2D eigenvalue weighted by Gasteiger charge is 2.24. The molecule has 3 aromatic carbocycles. The van der Waals surface area contributed by atoms with Crippen LogP contribution >= 0.6 is 0 Å². The molecule has 0 unspecified atom stereocenters. The van der Waals surface area contributed by atoms with Crippen molar-refractivity contribution in [2.45, 2.75) is 25.4 Å². The first-order chi connectivity index (χ1) is 18.4. The molecule has 194 valence electrons. The zero-order valence-corrected chi connectivity index (χ0v) is 21.0. The summed E-state index contributed by atoms with van der Waals surface area (Å²) in [6.45, 7) is 1.74. The van der Waals surface area contributed by atoms with Gasteiger partial charge in [0, 0.05) is 42.1 Å². The fraction of sp³-hybridized carbons (Fsp3) is 0.207. The number of likely N-dealkylation sites (tertiary alicyclic amines) is 1. The molecule has 5 rings (SSSR count). The van der Waals surface area contributed by atoms with Gasteiger partial charge < -0.3 is 31.0 Å². The van der Waals surface area contributed by atoms with Crippen LogP contribution in [0.5, 0.6) is 11.5 Å². The maximum atomic E-state index is 13.5. The lowest BCUT2D eigenvalue weighted by molar-refractivity contribution is 0.0913. The third-order valence-electron chi connectivity index (χ3n) is 6.86. The van der Waals surface area contributed by atoms with Gasteiger partial charge in [0.25, 0.3) is 5.91 Å². The molecule has 1 aliphatic heterocycles. The average molecular weight is 510 g/mol. The van der Waals surface area contributed by atoms with E-state index in [4.69, 9.17) is 27.0 Å². The first kappa shape index (κ1) is 24.9. The standard InChI is InChI=1S/C29H31N7O2/c30-27(31)21-9-8-20-16-26(28(37)34-22-12-14-35(15-13-22)29(32)33)36(25(20)17-21)18-19-6-10-24(11-7-19)38-23-4-2-1-3-5-23/h1-11,16-17,22H,12-15,18H2,(H3,30,31)(H3,32,33)(H,34,37). The van der Waals surface area contributed by atoms with Crippen molar-refractivity contribution < 1.29 is 9.53 Å². The van der Waals surface area contributed by atoms with E-state index in [1.807, 2.05) is 82.3 Å². The molecule has 2 heterocycles. The Labute approximate surface area is 221 Å². The normalized spacial score (nSPS) is 13.8. The lowest BCUT2D eigenvalue weighted by Crippen LogP contribution is -2.48. The number of fused-ring (bicyclic) bond motifs is 1. The average Bonchev–Trinajstić information content (AvgIpc) is 3.28. The molecule has 1 aromatic heterocycles. The molecule has 7 N–H and O–H groups in total. The Morgan fingerprint density at radius 3 is 2.26 bits per heavy atom. The van der Waals surface area contributed by atoms with Crippen LogP contribution in [0.3, 0.4) is 0 Å². The molecule has 9 heteroatoms. The molecule has 0 radical (unpaired) electrons. The fourth-order valence-electron chi connectivity index (χ4n) is 4.77. The summed E-state index contributed by atoms with van der Waals surface area (Å²) in [4.78, 5) is 15.3. The number of benzene rings is 3. The first-order valence-corrected chi connectivity index (χ1v) is 12.6. The van der Waals surface area contributed by atoms with Crippen LogP contribution in [0.4, 0.5) is 0 Å². The molecule has 1 fully saturated rings. The summed E-state index contributed by atoms with van der Waals surface area (Å²) < 4.78 is 7.88. The Balaban J connectivity index is 1.40. The summed E-state index contributed by atoms with van der Waals surface area (Å²) in [5.74, 6) is 1.38. The second-order valence-corrected chi connectivity index (χ2v) is 9.48. The van der Waals surface area contributed by atoms with Crippen LogP contribution in [0.15, 0.2) is 78.9 Å². The molecule has 1 amide bonds. The van der Waals surface area contributed by atoms with Crippen LogP contribution in [0.1, 0.15) is 34.5 Å². The van der Waals surface area contributed by atoms with Crippen molar-refractivity contribution in [3.05, 3.63) is 95.7 Å². The number of ether oxygens (including phenoxy) is 1. The third-order valence-corrected chi connectivity index (χ3v) is 6.86. The number of guanidine groups is 1. The van der Waals surface area contributed by atoms with Gasteiger partial charge in [0.15, 0.2) is 5.96 Å². The van der Waals surface area contributed by atoms with Crippen molar-refractivity contribution in [1.82, 2.24) is 14.8 Å². The highest BCUT2D eigenvalue weighted by Crippen LogP contribution is 2.26. The molecule has 0 saturated carbocycles. The maximum absolute atomic E-state index is 13.5. The second kappa shape index (κ2) is 10.7. The smallest absolute Gasteiger partial charge is 0.268 e. The van der Waals surface area contributed by atoms with E-state index in [1.165, 1.54) is 0 Å². The number of hydrogen-bond donors (Lipinski definition) is 5. The van der Waals surface area contributed by atoms with Gasteiger partial charge in [0.05, 0.1) is 0 Å². The summed E-state index contributed by atoms with van der Waals surface area (Å²) >= 11 is 0. The van der Waals surface area contributed by atoms with Gasteiger partial charge in [-0.1, -0.05) is 42.5 Å². The van der Waals surface area contributed by atoms with Gasteiger partial charge >= 0.3 is 0 Å². The van der Waals surface area contributed by atoms with Gasteiger partial charge in [-0.25, -0.2) is 0 Å². The first-order valence-electron chi connectivity index (χ1n) is 12.6. The minimum absolute atomic E-state index is 0.00626. The van der Waals surface area contributed by atoms with Crippen LogP contribution in [-0.2, 0) is 6.54 Å². The van der Waals surface area contributed by atoms with Crippen LogP contribution in [-0.4, -0.2) is 46.3 Å². The van der Waals surface area contributed by atoms with Gasteiger partial charge in [0.1, 0.15) is 23.0 Å². The number of hydrogen-bond acceptors (Lipinski definition) is 4. The number of carbonyl (C=O) groups excluding carboxylic acids is 1. The number of nitrogens with two attached hydrogens (primary N) is 2. The van der Waals surface area contributed by atoms with Crippen molar-refractivity contribution >= 4 is 28.6 Å². The minimum atomic E-state index is -0.157. The molecule has 0 aliphatic carbocycles. The molecular formula is C29H31N7O2. The fourth-order valence-corrected chi connectivity index (χ4v) is 4.77. The second-order valence-electron chi connectivity index (χ2n) is 9.48. The topological polar surface area (TPSA) is 146 Å². The predicted molar refractivity (Wildman–Crippen MR) is 149 cm³/mol. The predicted octanol–water partition coefficient (Wildman–Crippen LogP) is 3.85. The molecule has 0 bridgehead atoms. The van der Waals surface area contributed by atoms with E-state index in [1.54, 1.807) is 6.07 Å². The molecule has 1 saturated heterocycles. The van der Waals surface area contributed by atoms with E-state index >= 15 is 0 Å². The van der Waals surface area contributed by atoms with Crippen molar-refractivity contribution in [2.75, 3.05) is 13.1 Å². The van der Waals surface area contributed by atoms with E-state index < -0.39 is 0 Å². The molecule has 4 aromatic rings. The SMILES string of the molecule is N=C(N)c1ccc2cc(C(=O)NC3CCN(C(=N)N)CC3)n(Cc3ccc(Oc4ccccc4)cc3)c2c1. The zero-order valence-electron chi connectivity index (χ0n) is 21.0. The Bertz CT molecular complexity index is 1470. The number of para-hydroxylation sites is 1. The van der Waals surface area contributed by atoms with Gasteiger partial charge in [-0.05, 0) is 54.8 Å². The highest BCUT2D eigenvalue weighted by atomic mass is 16.5. The summed E-state index contributed by atoms with van der Waals surface area (Å²) in [7, 11) is 0. The van der Waals surface area contributed by atoms with E-state index in [9.17, 15) is 4.79 Å². The number of amidine groups is 1. The minimum Gasteiger partial charge on any atom is -0.457 e. The van der Waals surface area contributed by atoms with Gasteiger partial charge in [0.2, 0.25) is 0 Å². The van der Waals surface area contributed by atoms with Crippen LogP contribution in [0, 0.1) is 10.8 Å². The molecule has 38 heavy (non-hydrogen) atoms. The van der Waals surface area contributed by atoms with E-state index in [0.717, 1.165) is 40.8 Å². The number of amides is 1. The van der Waals surface area contributed by atoms with Crippen LogP contribution < -0.4 is 21.5 Å². The van der Waals surface area contributed by atoms with Gasteiger partial charge in [-0.2, -0.15) is 0 Å². The number of nitrogen functional groups attached to an aromatic ring is 1. The lowest BCUT2D eigenvalue weighted by Gasteiger charge is -2.32. The quantitative estimate of drug-likeness (QED) is 0.190. The Morgan fingerprint density at radius 2 is 1.61 bits per heavy atom. The largest absolute Gasteiger partial charge is 0.457 e. The molecule has 9 nitrogen and oxygen atoms in total. The van der Waals surface area contributed by atoms with Crippen LogP contribution in [0.25, 0.3) is 10.9 Å². The van der Waals surface area contributed by atoms with Crippen LogP contribution in [0.2, 0.25) is 0 Å². The molecule has 0 atom stereocenters. The summed E-state index contributed by atoms with van der Waals surface area (Å²) in [5, 5.41) is 19.6. The number of carbonyl (C=O) groups is 1. The maximum Gasteiger partial charge on any atom is 0.268 e. The number of aromatic nitrogens is 1. The number of piperidine rings is 1. The molecule has 1 aliphatic rings. The number of nitrogens with one attached hydrogen (secondary N) is 3. The van der Waals surface area contributed by atoms with Gasteiger partial charge in [-0.15, -0.1) is 0 Å². The van der Waals surface area contributed by atoms with E-state index in [0.29, 0.717) is 30.9 Å². The summed E-state index contributed by atoms with van der Waals surface area (Å²) in [6, 6.07) is 24.8. The Kier molecular flexibility index (Phi) is 6.99. The Morgan fingerprint density at radius 1 is 0.921 bits per heavy atom. The number of nitrogens with zero attached hydrogens (tertiary/aromatic N) is 2. The lowest BCUT2D eigenvalue weighted by atomic mass is 10.1. The van der Waals surface area contributed by atoms with Crippen molar-refractivity contribution in [3.8, 4) is 11.5 Å². The van der Waals surface area contributed by atoms with Crippen molar-refractivity contribution in [1.29, 1.82) is 10.8 Å². The van der Waals surface area contributed by atoms with Gasteiger partial charge in [-0.3, -0.25) is 15.6 Å². The summed E-state index contributed by atoms with van der Waals surface area (Å²) in [5.41, 5.74) is 14.3. The zero-order chi connectivity index (χ0) is 26.6. The third kappa shape index (κ3) is 5.46. The van der Waals surface area contributed by atoms with E-state index in [-0.39, 0.29) is 23.7 Å². The molecule has 0 spiro atoms. The monoisotopic (exact) mass is 509 g/mol.